The predicted molar refractivity (Wildman–Crippen MR) is 126 cm³/mol. The number of hydrogen-bond acceptors (Lipinski definition) is 9. The normalized spacial score (nSPS) is 15.7. The summed E-state index contributed by atoms with van der Waals surface area (Å²) in [6.45, 7) is 4.40. The summed E-state index contributed by atoms with van der Waals surface area (Å²) in [6, 6.07) is 12.4. The van der Waals surface area contributed by atoms with Crippen LogP contribution in [0.1, 0.15) is 30.0 Å². The van der Waals surface area contributed by atoms with Gasteiger partial charge in [0.2, 0.25) is 5.13 Å². The van der Waals surface area contributed by atoms with Gasteiger partial charge in [-0.25, -0.2) is 9.59 Å². The first-order chi connectivity index (χ1) is 16.0. The number of aromatic nitrogens is 2. The van der Waals surface area contributed by atoms with Gasteiger partial charge in [0.05, 0.1) is 12.2 Å². The summed E-state index contributed by atoms with van der Waals surface area (Å²) in [5, 5.41) is 17.8. The van der Waals surface area contributed by atoms with Gasteiger partial charge in [-0.15, -0.1) is 10.2 Å². The van der Waals surface area contributed by atoms with Crippen molar-refractivity contribution in [3.8, 4) is 0 Å². The van der Waals surface area contributed by atoms with Gasteiger partial charge in [0, 0.05) is 18.0 Å². The predicted octanol–water partition coefficient (Wildman–Crippen LogP) is 4.02. The number of nitrogens with one attached hydrogen (secondary N) is 3. The number of nitrogens with zero attached hydrogens (tertiary/aromatic N) is 2. The Morgan fingerprint density at radius 1 is 1.24 bits per heavy atom. The van der Waals surface area contributed by atoms with Crippen LogP contribution in [0.15, 0.2) is 62.5 Å². The van der Waals surface area contributed by atoms with Crippen molar-refractivity contribution in [2.24, 2.45) is 0 Å². The molecule has 1 aromatic carbocycles. The van der Waals surface area contributed by atoms with Crippen LogP contribution < -0.4 is 16.0 Å². The van der Waals surface area contributed by atoms with Crippen molar-refractivity contribution in [2.75, 3.05) is 17.7 Å². The fourth-order valence-corrected chi connectivity index (χ4v) is 4.97. The van der Waals surface area contributed by atoms with Crippen molar-refractivity contribution in [1.82, 2.24) is 20.8 Å². The monoisotopic (exact) mass is 485 g/mol. The molecule has 1 aliphatic rings. The molecule has 0 bridgehead atoms. The van der Waals surface area contributed by atoms with Crippen LogP contribution in [-0.2, 0) is 16.1 Å². The van der Waals surface area contributed by atoms with Crippen molar-refractivity contribution < 1.29 is 18.7 Å². The minimum absolute atomic E-state index is 0.216. The van der Waals surface area contributed by atoms with Gasteiger partial charge in [0.15, 0.2) is 4.34 Å². The first-order valence-electron chi connectivity index (χ1n) is 10.3. The van der Waals surface area contributed by atoms with Gasteiger partial charge in [0.1, 0.15) is 17.6 Å². The van der Waals surface area contributed by atoms with Crippen LogP contribution >= 0.6 is 23.1 Å². The maximum Gasteiger partial charge on any atom is 0.338 e. The third-order valence-corrected chi connectivity index (χ3v) is 6.77. The number of rotatable bonds is 9. The van der Waals surface area contributed by atoms with Crippen LogP contribution in [0.25, 0.3) is 0 Å². The highest BCUT2D eigenvalue weighted by molar-refractivity contribution is 8.01. The van der Waals surface area contributed by atoms with E-state index in [9.17, 15) is 9.59 Å². The smallest absolute Gasteiger partial charge is 0.338 e. The molecule has 0 radical (unpaired) electrons. The Labute approximate surface area is 199 Å². The summed E-state index contributed by atoms with van der Waals surface area (Å²) in [7, 11) is 0. The molecule has 0 spiro atoms. The number of carbonyl (C=O) groups is 2. The van der Waals surface area contributed by atoms with Crippen molar-refractivity contribution in [2.45, 2.75) is 30.8 Å². The van der Waals surface area contributed by atoms with Crippen LogP contribution in [0, 0.1) is 6.92 Å². The number of esters is 1. The Morgan fingerprint density at radius 2 is 2.06 bits per heavy atom. The molecule has 3 aromatic rings. The molecule has 1 aliphatic heterocycles. The van der Waals surface area contributed by atoms with Crippen LogP contribution in [-0.4, -0.2) is 34.6 Å². The minimum Gasteiger partial charge on any atom is -0.464 e. The Balaban J connectivity index is 1.50. The highest BCUT2D eigenvalue weighted by Gasteiger charge is 2.35. The van der Waals surface area contributed by atoms with Gasteiger partial charge in [-0.3, -0.25) is 0 Å². The second-order valence-electron chi connectivity index (χ2n) is 7.09. The van der Waals surface area contributed by atoms with Gasteiger partial charge in [-0.05, 0) is 31.5 Å². The summed E-state index contributed by atoms with van der Waals surface area (Å²) in [6.07, 6.45) is 0. The molecule has 11 heteroatoms. The van der Waals surface area contributed by atoms with E-state index in [0.717, 1.165) is 5.56 Å². The van der Waals surface area contributed by atoms with Gasteiger partial charge in [-0.1, -0.05) is 53.4 Å². The largest absolute Gasteiger partial charge is 0.464 e. The van der Waals surface area contributed by atoms with Gasteiger partial charge in [-0.2, -0.15) is 0 Å². The molecule has 0 saturated heterocycles. The standard InChI is InChI=1S/C22H23N5O4S2/c1-3-30-19(28)17-15(24-20(29)25-18(17)16-10-9-13(2)31-16)12-32-22-27-26-21(33-22)23-11-14-7-5-4-6-8-14/h4-10,18H,3,11-12H2,1-2H3,(H,23,26)(H2,24,25,29)/t18-/m0/s1. The number of aryl methyl sites for hydroxylation is 1. The van der Waals surface area contributed by atoms with Crippen LogP contribution in [0.4, 0.5) is 9.93 Å². The Bertz CT molecular complexity index is 1160. The molecular formula is C22H23N5O4S2. The number of carbonyl (C=O) groups excluding carboxylic acids is 2. The number of benzene rings is 1. The molecule has 0 unspecified atom stereocenters. The zero-order chi connectivity index (χ0) is 23.2. The maximum atomic E-state index is 12.8. The number of urea groups is 1. The molecule has 9 nitrogen and oxygen atoms in total. The maximum absolute atomic E-state index is 12.8. The van der Waals surface area contributed by atoms with E-state index in [-0.39, 0.29) is 6.61 Å². The lowest BCUT2D eigenvalue weighted by Crippen LogP contribution is -2.46. The van der Waals surface area contributed by atoms with Crippen LogP contribution in [0.3, 0.4) is 0 Å². The molecule has 0 fully saturated rings. The quantitative estimate of drug-likeness (QED) is 0.307. The number of anilines is 1. The lowest BCUT2D eigenvalue weighted by Gasteiger charge is -2.27. The van der Waals surface area contributed by atoms with Crippen molar-refractivity contribution in [3.05, 3.63) is 70.8 Å². The molecule has 172 valence electrons. The molecule has 4 rings (SSSR count). The van der Waals surface area contributed by atoms with E-state index in [1.807, 2.05) is 30.3 Å². The topological polar surface area (TPSA) is 118 Å². The average molecular weight is 486 g/mol. The lowest BCUT2D eigenvalue weighted by molar-refractivity contribution is -0.139. The summed E-state index contributed by atoms with van der Waals surface area (Å²) in [5.74, 6) is 0.949. The third kappa shape index (κ3) is 5.74. The average Bonchev–Trinajstić information content (AvgIpc) is 3.45. The summed E-state index contributed by atoms with van der Waals surface area (Å²) < 4.78 is 11.7. The fraction of sp³-hybridized carbons (Fsp3) is 0.273. The van der Waals surface area contributed by atoms with E-state index in [1.165, 1.54) is 23.1 Å². The molecule has 0 saturated carbocycles. The Hall–Kier alpha value is -3.31. The van der Waals surface area contributed by atoms with E-state index in [4.69, 9.17) is 9.15 Å². The van der Waals surface area contributed by atoms with Crippen LogP contribution in [0.2, 0.25) is 0 Å². The zero-order valence-corrected chi connectivity index (χ0v) is 19.7. The minimum atomic E-state index is -0.736. The second-order valence-corrected chi connectivity index (χ2v) is 9.29. The van der Waals surface area contributed by atoms with Gasteiger partial charge >= 0.3 is 12.0 Å². The molecular weight excluding hydrogens is 462 g/mol. The third-order valence-electron chi connectivity index (χ3n) is 4.73. The Kier molecular flexibility index (Phi) is 7.30. The summed E-state index contributed by atoms with van der Waals surface area (Å²) >= 11 is 2.79. The van der Waals surface area contributed by atoms with E-state index in [0.29, 0.717) is 44.6 Å². The molecule has 2 aromatic heterocycles. The number of furan rings is 1. The molecule has 3 N–H and O–H groups in total. The lowest BCUT2D eigenvalue weighted by atomic mass is 10.0. The van der Waals surface area contributed by atoms with Crippen LogP contribution in [0.5, 0.6) is 0 Å². The van der Waals surface area contributed by atoms with E-state index in [2.05, 4.69) is 26.1 Å². The first kappa shape index (κ1) is 22.9. The fourth-order valence-electron chi connectivity index (χ4n) is 3.25. The SMILES string of the molecule is CCOC(=O)C1=C(CSc2nnc(NCc3ccccc3)s2)NC(=O)N[C@H]1c1ccc(C)o1. The first-order valence-corrected chi connectivity index (χ1v) is 12.1. The zero-order valence-electron chi connectivity index (χ0n) is 18.1. The molecule has 2 amide bonds. The van der Waals surface area contributed by atoms with E-state index >= 15 is 0 Å². The molecule has 1 atom stereocenters. The summed E-state index contributed by atoms with van der Waals surface area (Å²) in [5.41, 5.74) is 1.91. The number of ether oxygens (including phenoxy) is 1. The van der Waals surface area contributed by atoms with Crippen molar-refractivity contribution in [1.29, 1.82) is 0 Å². The summed E-state index contributed by atoms with van der Waals surface area (Å²) in [4.78, 5) is 25.1. The highest BCUT2D eigenvalue weighted by atomic mass is 32.2. The number of amides is 2. The van der Waals surface area contributed by atoms with Gasteiger partial charge in [0.25, 0.3) is 0 Å². The van der Waals surface area contributed by atoms with E-state index in [1.54, 1.807) is 26.0 Å². The van der Waals surface area contributed by atoms with Gasteiger partial charge < -0.3 is 25.1 Å². The second kappa shape index (κ2) is 10.5. The molecule has 33 heavy (non-hydrogen) atoms. The van der Waals surface area contributed by atoms with Crippen molar-refractivity contribution >= 4 is 40.2 Å². The van der Waals surface area contributed by atoms with E-state index < -0.39 is 18.0 Å². The highest BCUT2D eigenvalue weighted by Crippen LogP contribution is 2.33. The number of thioether (sulfide) groups is 1. The molecule has 0 aliphatic carbocycles. The molecule has 3 heterocycles. The number of hydrogen-bond donors (Lipinski definition) is 3. The van der Waals surface area contributed by atoms with Crippen molar-refractivity contribution in [3.63, 3.8) is 0 Å². The Morgan fingerprint density at radius 3 is 2.79 bits per heavy atom.